The summed E-state index contributed by atoms with van der Waals surface area (Å²) >= 11 is 2.08. The van der Waals surface area contributed by atoms with Crippen LogP contribution in [0.25, 0.3) is 6.08 Å². The first-order valence-electron chi connectivity index (χ1n) is 13.4. The molecule has 0 saturated carbocycles. The van der Waals surface area contributed by atoms with Crippen molar-refractivity contribution in [2.75, 3.05) is 14.2 Å². The minimum atomic E-state index is -1.07. The van der Waals surface area contributed by atoms with Crippen molar-refractivity contribution in [1.82, 2.24) is 4.90 Å². The van der Waals surface area contributed by atoms with Crippen LogP contribution < -0.4 is 4.74 Å². The van der Waals surface area contributed by atoms with Crippen molar-refractivity contribution in [3.8, 4) is 11.5 Å². The van der Waals surface area contributed by atoms with Crippen LogP contribution in [0.3, 0.4) is 0 Å². The molecule has 2 heterocycles. The summed E-state index contributed by atoms with van der Waals surface area (Å²) in [4.78, 5) is 39.2. The highest BCUT2D eigenvalue weighted by atomic mass is 127. The number of rotatable bonds is 8. The molecule has 1 aromatic carbocycles. The molecule has 2 fully saturated rings. The van der Waals surface area contributed by atoms with E-state index in [1.54, 1.807) is 6.07 Å². The Bertz CT molecular complexity index is 1210. The number of aromatic hydroxyl groups is 1. The van der Waals surface area contributed by atoms with Crippen LogP contribution in [0.15, 0.2) is 28.9 Å². The normalized spacial score (nSPS) is 25.1. The first kappa shape index (κ1) is 29.6. The minimum absolute atomic E-state index is 0.114. The summed E-state index contributed by atoms with van der Waals surface area (Å²) in [6.07, 6.45) is 5.14. The number of phenols is 1. The number of carbonyl (C=O) groups is 3. The average molecular weight is 651 g/mol. The standard InChI is InChI=1S/C28H35BINO8/c1-5-7-15(10-16-11-20(30)25(32)22(12-16)37-3)8-9-21-23-17(6-2)13-18-24(19(23)14-29(36)39-21)27(34)31(26(18)33)28(35)38-4/h10-12,18-19,21,24,32,36H,5-9,13-14H2,1-4H3/b15-10+/t18-,19+,21-,24-/m1/s1. The number of likely N-dealkylation sites (tertiary alicyclic amines) is 1. The number of hydrogen-bond donors (Lipinski definition) is 2. The second kappa shape index (κ2) is 12.4. The maximum absolute atomic E-state index is 13.3. The number of imide groups is 3. The van der Waals surface area contributed by atoms with Gasteiger partial charge in [0.15, 0.2) is 11.5 Å². The van der Waals surface area contributed by atoms with Crippen molar-refractivity contribution in [2.24, 2.45) is 17.8 Å². The minimum Gasteiger partial charge on any atom is -0.504 e. The molecule has 11 heteroatoms. The van der Waals surface area contributed by atoms with Gasteiger partial charge in [0, 0.05) is 0 Å². The van der Waals surface area contributed by atoms with Crippen LogP contribution in [-0.2, 0) is 19.0 Å². The Labute approximate surface area is 242 Å². The molecule has 2 saturated heterocycles. The lowest BCUT2D eigenvalue weighted by molar-refractivity contribution is -0.137. The van der Waals surface area contributed by atoms with Gasteiger partial charge in [-0.3, -0.25) is 9.59 Å². The van der Waals surface area contributed by atoms with E-state index in [0.717, 1.165) is 36.7 Å². The first-order chi connectivity index (χ1) is 18.6. The lowest BCUT2D eigenvalue weighted by Gasteiger charge is -2.43. The third kappa shape index (κ3) is 5.76. The van der Waals surface area contributed by atoms with Crippen LogP contribution >= 0.6 is 22.6 Å². The number of fused-ring (bicyclic) bond motifs is 3. The van der Waals surface area contributed by atoms with Gasteiger partial charge >= 0.3 is 13.2 Å². The van der Waals surface area contributed by atoms with E-state index in [9.17, 15) is 24.5 Å². The Balaban J connectivity index is 1.62. The number of amides is 3. The van der Waals surface area contributed by atoms with E-state index in [-0.39, 0.29) is 18.0 Å². The van der Waals surface area contributed by atoms with Crippen LogP contribution in [0, 0.1) is 21.3 Å². The third-order valence-corrected chi connectivity index (χ3v) is 8.85. The van der Waals surface area contributed by atoms with Gasteiger partial charge in [-0.25, -0.2) is 4.79 Å². The summed E-state index contributed by atoms with van der Waals surface area (Å²) in [6, 6.07) is 3.71. The molecule has 3 amide bonds. The monoisotopic (exact) mass is 651 g/mol. The molecule has 0 aromatic heterocycles. The van der Waals surface area contributed by atoms with Gasteiger partial charge in [-0.15, -0.1) is 0 Å². The summed E-state index contributed by atoms with van der Waals surface area (Å²) < 4.78 is 16.8. The number of nitrogens with zero attached hydrogens (tertiary/aromatic N) is 1. The molecule has 2 aliphatic heterocycles. The van der Waals surface area contributed by atoms with Gasteiger partial charge in [0.1, 0.15) is 0 Å². The quantitative estimate of drug-likeness (QED) is 0.176. The number of methoxy groups -OCH3 is 2. The van der Waals surface area contributed by atoms with Crippen LogP contribution in [0.1, 0.15) is 57.9 Å². The number of benzene rings is 1. The van der Waals surface area contributed by atoms with Crippen LogP contribution in [0.2, 0.25) is 6.32 Å². The molecule has 0 unspecified atom stereocenters. The largest absolute Gasteiger partial charge is 0.504 e. The fraction of sp³-hybridized carbons (Fsp3) is 0.536. The maximum Gasteiger partial charge on any atom is 0.455 e. The fourth-order valence-electron chi connectivity index (χ4n) is 6.35. The lowest BCUT2D eigenvalue weighted by atomic mass is 9.58. The van der Waals surface area contributed by atoms with Crippen LogP contribution in [0.5, 0.6) is 11.5 Å². The van der Waals surface area contributed by atoms with Crippen molar-refractivity contribution in [2.45, 2.75) is 64.8 Å². The molecule has 210 valence electrons. The summed E-state index contributed by atoms with van der Waals surface area (Å²) in [5, 5.41) is 20.9. The van der Waals surface area contributed by atoms with E-state index >= 15 is 0 Å². The molecule has 2 N–H and O–H groups in total. The number of halogens is 1. The smallest absolute Gasteiger partial charge is 0.455 e. The Kier molecular flexibility index (Phi) is 9.43. The number of ether oxygens (including phenoxy) is 2. The highest BCUT2D eigenvalue weighted by molar-refractivity contribution is 14.1. The second-order valence-electron chi connectivity index (χ2n) is 10.3. The van der Waals surface area contributed by atoms with Crippen molar-refractivity contribution >= 4 is 53.7 Å². The molecule has 0 bridgehead atoms. The van der Waals surface area contributed by atoms with E-state index in [4.69, 9.17) is 14.1 Å². The van der Waals surface area contributed by atoms with Gasteiger partial charge in [-0.05, 0) is 90.2 Å². The average Bonchev–Trinajstić information content (AvgIpc) is 3.17. The molecule has 0 radical (unpaired) electrons. The second-order valence-corrected chi connectivity index (χ2v) is 11.5. The van der Waals surface area contributed by atoms with Gasteiger partial charge in [0.2, 0.25) is 11.8 Å². The van der Waals surface area contributed by atoms with Crippen LogP contribution in [0.4, 0.5) is 4.79 Å². The first-order valence-corrected chi connectivity index (χ1v) is 14.5. The Morgan fingerprint density at radius 1 is 1.21 bits per heavy atom. The highest BCUT2D eigenvalue weighted by Crippen LogP contribution is 2.51. The molecule has 0 spiro atoms. The van der Waals surface area contributed by atoms with Gasteiger partial charge in [0.05, 0.1) is 35.7 Å². The van der Waals surface area contributed by atoms with Gasteiger partial charge in [-0.2, -0.15) is 4.90 Å². The molecule has 3 aliphatic rings. The van der Waals surface area contributed by atoms with Gasteiger partial charge in [-0.1, -0.05) is 37.5 Å². The van der Waals surface area contributed by atoms with Gasteiger partial charge in [0.25, 0.3) is 0 Å². The maximum atomic E-state index is 13.3. The molecular formula is C28H35BINO8. The fourth-order valence-corrected chi connectivity index (χ4v) is 6.97. The lowest BCUT2D eigenvalue weighted by Crippen LogP contribution is -2.46. The van der Waals surface area contributed by atoms with Crippen LogP contribution in [-0.4, -0.2) is 60.4 Å². The molecule has 9 nitrogen and oxygen atoms in total. The Hall–Kier alpha value is -2.38. The van der Waals surface area contributed by atoms with E-state index in [1.807, 2.05) is 13.0 Å². The molecule has 1 aromatic rings. The molecule has 1 aliphatic carbocycles. The van der Waals surface area contributed by atoms with Crippen molar-refractivity contribution < 1.29 is 38.6 Å². The van der Waals surface area contributed by atoms with E-state index in [2.05, 4.69) is 35.6 Å². The topological polar surface area (TPSA) is 123 Å². The number of allylic oxidation sites excluding steroid dienone is 2. The van der Waals surface area contributed by atoms with Gasteiger partial charge < -0.3 is 24.3 Å². The zero-order valence-electron chi connectivity index (χ0n) is 22.7. The van der Waals surface area contributed by atoms with E-state index in [1.165, 1.54) is 12.7 Å². The van der Waals surface area contributed by atoms with Crippen molar-refractivity contribution in [3.05, 3.63) is 38.0 Å². The van der Waals surface area contributed by atoms with Crippen molar-refractivity contribution in [3.63, 3.8) is 0 Å². The molecule has 4 atom stereocenters. The Morgan fingerprint density at radius 3 is 2.59 bits per heavy atom. The number of hydrogen-bond acceptors (Lipinski definition) is 8. The predicted molar refractivity (Wildman–Crippen MR) is 154 cm³/mol. The Morgan fingerprint density at radius 2 is 1.95 bits per heavy atom. The zero-order chi connectivity index (χ0) is 28.4. The number of phenolic OH excluding ortho intramolecular Hbond substituents is 1. The summed E-state index contributed by atoms with van der Waals surface area (Å²) in [5.74, 6) is -2.26. The summed E-state index contributed by atoms with van der Waals surface area (Å²) in [5.41, 5.74) is 4.17. The summed E-state index contributed by atoms with van der Waals surface area (Å²) in [6.45, 7) is 4.13. The van der Waals surface area contributed by atoms with Crippen molar-refractivity contribution in [1.29, 1.82) is 0 Å². The SMILES string of the molecule is CCC/C(=C\c1cc(I)c(O)c(OC)c1)CC[C@H]1OB(O)C[C@H]2C1=C(CC)C[C@H]1C(=O)N(C(=O)OC)C(=O)[C@H]12. The third-order valence-electron chi connectivity index (χ3n) is 8.03. The highest BCUT2D eigenvalue weighted by Gasteiger charge is 2.59. The van der Waals surface area contributed by atoms with E-state index in [0.29, 0.717) is 39.9 Å². The number of carbonyl (C=O) groups excluding carboxylic acids is 3. The zero-order valence-corrected chi connectivity index (χ0v) is 24.9. The molecule has 39 heavy (non-hydrogen) atoms. The molecular weight excluding hydrogens is 616 g/mol. The van der Waals surface area contributed by atoms with E-state index < -0.39 is 43.0 Å². The molecule has 4 rings (SSSR count). The predicted octanol–water partition coefficient (Wildman–Crippen LogP) is 4.94. The summed E-state index contributed by atoms with van der Waals surface area (Å²) in [7, 11) is 1.60.